The number of aryl methyl sites for hydroxylation is 2. The first kappa shape index (κ1) is 14.4. The quantitative estimate of drug-likeness (QED) is 0.449. The van der Waals surface area contributed by atoms with Crippen molar-refractivity contribution in [2.45, 2.75) is 38.5 Å². The highest BCUT2D eigenvalue weighted by molar-refractivity contribution is 5.94. The van der Waals surface area contributed by atoms with E-state index in [4.69, 9.17) is 0 Å². The van der Waals surface area contributed by atoms with Crippen LogP contribution in [0.25, 0.3) is 28.0 Å². The number of benzene rings is 2. The summed E-state index contributed by atoms with van der Waals surface area (Å²) in [5, 5.41) is 1.41. The van der Waals surface area contributed by atoms with Gasteiger partial charge < -0.3 is 9.55 Å². The van der Waals surface area contributed by atoms with Crippen molar-refractivity contribution in [3.05, 3.63) is 77.0 Å². The van der Waals surface area contributed by atoms with Crippen LogP contribution in [-0.2, 0) is 25.7 Å². The summed E-state index contributed by atoms with van der Waals surface area (Å²) in [6, 6.07) is 19.7. The maximum atomic E-state index is 3.86. The average Bonchev–Trinajstić information content (AvgIpc) is 3.24. The first-order valence-corrected chi connectivity index (χ1v) is 9.82. The van der Waals surface area contributed by atoms with Crippen molar-refractivity contribution in [3.8, 4) is 17.1 Å². The molecule has 0 radical (unpaired) electrons. The van der Waals surface area contributed by atoms with E-state index >= 15 is 0 Å². The maximum Gasteiger partial charge on any atom is 0.0738 e. The van der Waals surface area contributed by atoms with E-state index in [-0.39, 0.29) is 1.43 Å². The lowest BCUT2D eigenvalue weighted by Crippen LogP contribution is -2.07. The van der Waals surface area contributed by atoms with Crippen molar-refractivity contribution in [1.29, 1.82) is 0 Å². The summed E-state index contributed by atoms with van der Waals surface area (Å²) in [6.07, 6.45) is 7.45. The van der Waals surface area contributed by atoms with E-state index in [1.165, 1.54) is 71.3 Å². The minimum atomic E-state index is 0. The summed E-state index contributed by atoms with van der Waals surface area (Å²) in [5.41, 5.74) is 11.6. The monoisotopic (exact) mass is 340 g/mol. The van der Waals surface area contributed by atoms with Crippen LogP contribution in [0.2, 0.25) is 0 Å². The summed E-state index contributed by atoms with van der Waals surface area (Å²) >= 11 is 0. The Bertz CT molecular complexity index is 1130. The van der Waals surface area contributed by atoms with E-state index in [1.54, 1.807) is 11.1 Å². The molecule has 2 aromatic carbocycles. The molecule has 0 saturated carbocycles. The van der Waals surface area contributed by atoms with E-state index in [9.17, 15) is 0 Å². The lowest BCUT2D eigenvalue weighted by atomic mass is 9.87. The number of aromatic amines is 1. The normalized spacial score (nSPS) is 15.5. The van der Waals surface area contributed by atoms with E-state index in [1.807, 2.05) is 0 Å². The second-order valence-corrected chi connectivity index (χ2v) is 7.66. The molecule has 2 aliphatic carbocycles. The Balaban J connectivity index is 0.00000160. The highest BCUT2D eigenvalue weighted by atomic mass is 15.0. The van der Waals surface area contributed by atoms with Gasteiger partial charge in [-0.1, -0.05) is 36.4 Å². The lowest BCUT2D eigenvalue weighted by molar-refractivity contribution is 0.672. The Labute approximate surface area is 155 Å². The van der Waals surface area contributed by atoms with Gasteiger partial charge >= 0.3 is 0 Å². The van der Waals surface area contributed by atoms with Gasteiger partial charge in [-0.25, -0.2) is 0 Å². The van der Waals surface area contributed by atoms with Gasteiger partial charge in [-0.2, -0.15) is 0 Å². The van der Waals surface area contributed by atoms with Crippen molar-refractivity contribution >= 4 is 10.9 Å². The van der Waals surface area contributed by atoms with Crippen LogP contribution >= 0.6 is 0 Å². The van der Waals surface area contributed by atoms with Crippen LogP contribution in [0.1, 0.15) is 36.7 Å². The molecule has 4 aromatic rings. The summed E-state index contributed by atoms with van der Waals surface area (Å²) < 4.78 is 2.48. The molecule has 130 valence electrons. The zero-order valence-electron chi connectivity index (χ0n) is 14.9. The molecule has 0 aliphatic heterocycles. The van der Waals surface area contributed by atoms with Gasteiger partial charge in [0.1, 0.15) is 0 Å². The number of H-pyrrole nitrogens is 1. The molecule has 6 rings (SSSR count). The Morgan fingerprint density at radius 2 is 1.50 bits per heavy atom. The molecule has 0 atom stereocenters. The van der Waals surface area contributed by atoms with Crippen LogP contribution in [0.4, 0.5) is 0 Å². The summed E-state index contributed by atoms with van der Waals surface area (Å²) in [6.45, 7) is 0. The first-order valence-electron chi connectivity index (χ1n) is 9.82. The van der Waals surface area contributed by atoms with Crippen LogP contribution in [0.15, 0.2) is 54.6 Å². The van der Waals surface area contributed by atoms with Gasteiger partial charge in [0.05, 0.1) is 16.9 Å². The minimum Gasteiger partial charge on any atom is -0.357 e. The van der Waals surface area contributed by atoms with Gasteiger partial charge in [-0.05, 0) is 73.4 Å². The third-order valence-corrected chi connectivity index (χ3v) is 6.27. The number of nitrogens with zero attached hydrogens (tertiary/aromatic N) is 1. The molecular weight excluding hydrogens is 316 g/mol. The standard InChI is InChI=1S/C24H22N2.H2/c1-2-8-16(9-3-1)26-22-13-7-5-11-18(22)20-15-14-19-17-10-4-6-12-21(17)25-23(19)24(20)26;/h1-3,5,7-9,11,13,25H,4,6,10,12,14-15H2;1H. The second-order valence-electron chi connectivity index (χ2n) is 7.66. The zero-order valence-corrected chi connectivity index (χ0v) is 14.9. The Morgan fingerprint density at radius 1 is 0.731 bits per heavy atom. The predicted octanol–water partition coefficient (Wildman–Crippen LogP) is 5.85. The molecular formula is C24H24N2. The Hall–Kier alpha value is -2.74. The molecule has 0 unspecified atom stereocenters. The van der Waals surface area contributed by atoms with E-state index in [0.717, 1.165) is 6.42 Å². The van der Waals surface area contributed by atoms with E-state index in [2.05, 4.69) is 64.1 Å². The van der Waals surface area contributed by atoms with Gasteiger partial charge in [-0.15, -0.1) is 0 Å². The second kappa shape index (κ2) is 5.38. The average molecular weight is 340 g/mol. The molecule has 1 N–H and O–H groups in total. The topological polar surface area (TPSA) is 20.7 Å². The molecule has 0 spiro atoms. The summed E-state index contributed by atoms with van der Waals surface area (Å²) in [7, 11) is 0. The predicted molar refractivity (Wildman–Crippen MR) is 109 cm³/mol. The van der Waals surface area contributed by atoms with Gasteiger partial charge in [-0.3, -0.25) is 0 Å². The van der Waals surface area contributed by atoms with Crippen molar-refractivity contribution < 1.29 is 1.43 Å². The highest BCUT2D eigenvalue weighted by Gasteiger charge is 2.30. The molecule has 0 fully saturated rings. The maximum absolute atomic E-state index is 3.86. The van der Waals surface area contributed by atoms with Crippen LogP contribution in [-0.4, -0.2) is 9.55 Å². The summed E-state index contributed by atoms with van der Waals surface area (Å²) in [4.78, 5) is 3.86. The van der Waals surface area contributed by atoms with Gasteiger partial charge in [0, 0.05) is 18.2 Å². The van der Waals surface area contributed by atoms with Gasteiger partial charge in [0.15, 0.2) is 0 Å². The molecule has 2 heterocycles. The third kappa shape index (κ3) is 1.87. The number of rotatable bonds is 1. The fraction of sp³-hybridized carbons (Fsp3) is 0.250. The highest BCUT2D eigenvalue weighted by Crippen LogP contribution is 2.44. The number of para-hydroxylation sites is 2. The van der Waals surface area contributed by atoms with Crippen LogP contribution < -0.4 is 0 Å². The molecule has 2 heteroatoms. The van der Waals surface area contributed by atoms with Gasteiger partial charge in [0.2, 0.25) is 0 Å². The van der Waals surface area contributed by atoms with Crippen molar-refractivity contribution in [1.82, 2.24) is 9.55 Å². The van der Waals surface area contributed by atoms with Crippen molar-refractivity contribution in [2.75, 3.05) is 0 Å². The van der Waals surface area contributed by atoms with Crippen molar-refractivity contribution in [2.24, 2.45) is 0 Å². The van der Waals surface area contributed by atoms with Crippen LogP contribution in [0.5, 0.6) is 0 Å². The molecule has 0 bridgehead atoms. The number of hydrogen-bond donors (Lipinski definition) is 1. The smallest absolute Gasteiger partial charge is 0.0738 e. The molecule has 2 aromatic heterocycles. The number of hydrogen-bond acceptors (Lipinski definition) is 0. The number of fused-ring (bicyclic) bond motifs is 7. The zero-order chi connectivity index (χ0) is 17.1. The summed E-state index contributed by atoms with van der Waals surface area (Å²) in [5.74, 6) is 0. The van der Waals surface area contributed by atoms with Gasteiger partial charge in [0.25, 0.3) is 0 Å². The fourth-order valence-electron chi connectivity index (χ4n) is 5.15. The third-order valence-electron chi connectivity index (χ3n) is 6.27. The Morgan fingerprint density at radius 3 is 2.42 bits per heavy atom. The van der Waals surface area contributed by atoms with Crippen molar-refractivity contribution in [3.63, 3.8) is 0 Å². The lowest BCUT2D eigenvalue weighted by Gasteiger charge is -2.18. The number of nitrogens with one attached hydrogen (secondary N) is 1. The Kier molecular flexibility index (Phi) is 2.98. The van der Waals surface area contributed by atoms with Crippen LogP contribution in [0, 0.1) is 0 Å². The van der Waals surface area contributed by atoms with E-state index in [0.29, 0.717) is 0 Å². The molecule has 26 heavy (non-hydrogen) atoms. The molecule has 2 nitrogen and oxygen atoms in total. The molecule has 0 amide bonds. The molecule has 2 aliphatic rings. The fourth-order valence-corrected chi connectivity index (χ4v) is 5.15. The minimum absolute atomic E-state index is 0. The first-order chi connectivity index (χ1) is 12.9. The SMILES string of the molecule is [HH].c1ccc(-n2c3c(c4ccccc42)CCc2c-3[nH]c3c2CCCC3)cc1. The van der Waals surface area contributed by atoms with Crippen LogP contribution in [0.3, 0.4) is 0 Å². The molecule has 0 saturated heterocycles. The number of aromatic nitrogens is 2. The van der Waals surface area contributed by atoms with E-state index < -0.39 is 0 Å². The largest absolute Gasteiger partial charge is 0.357 e.